The number of amides is 1. The van der Waals surface area contributed by atoms with Crippen LogP contribution in [0.15, 0.2) is 30.3 Å². The van der Waals surface area contributed by atoms with Crippen molar-refractivity contribution in [3.8, 4) is 0 Å². The Morgan fingerprint density at radius 3 is 2.27 bits per heavy atom. The maximum absolute atomic E-state index is 11.7. The van der Waals surface area contributed by atoms with Gasteiger partial charge in [0.2, 0.25) is 0 Å². The maximum Gasteiger partial charge on any atom is 0.408 e. The average Bonchev–Trinajstić information content (AvgIpc) is 2.45. The van der Waals surface area contributed by atoms with Crippen LogP contribution < -0.4 is 5.32 Å². The summed E-state index contributed by atoms with van der Waals surface area (Å²) < 4.78 is 9.67. The topological polar surface area (TPSA) is 81.7 Å². The highest BCUT2D eigenvalue weighted by molar-refractivity contribution is 5.91. The fourth-order valence-corrected chi connectivity index (χ4v) is 1.33. The number of nitrogens with one attached hydrogen (secondary N) is 1. The van der Waals surface area contributed by atoms with Crippen molar-refractivity contribution in [1.29, 1.82) is 0 Å². The maximum atomic E-state index is 11.7. The number of hydrogen-bond acceptors (Lipinski definition) is 5. The van der Waals surface area contributed by atoms with E-state index in [2.05, 4.69) is 5.32 Å². The predicted octanol–water partition coefficient (Wildman–Crippen LogP) is 2.42. The lowest BCUT2D eigenvalue weighted by Gasteiger charge is -2.18. The summed E-state index contributed by atoms with van der Waals surface area (Å²) in [5.74, 6) is -1.47. The molecule has 6 heteroatoms. The molecule has 0 saturated heterocycles. The third kappa shape index (κ3) is 5.95. The fourth-order valence-electron chi connectivity index (χ4n) is 1.33. The van der Waals surface area contributed by atoms with E-state index in [4.69, 9.17) is 9.47 Å². The van der Waals surface area contributed by atoms with Crippen molar-refractivity contribution in [3.05, 3.63) is 35.9 Å². The number of ether oxygens (including phenoxy) is 2. The molecule has 120 valence electrons. The molecule has 1 N–H and O–H groups in total. The first-order chi connectivity index (χ1) is 10.2. The van der Waals surface area contributed by atoms with Crippen molar-refractivity contribution in [1.82, 2.24) is 5.32 Å². The van der Waals surface area contributed by atoms with Gasteiger partial charge in [-0.25, -0.2) is 9.59 Å². The summed E-state index contributed by atoms with van der Waals surface area (Å²) in [6.45, 7) is 6.41. The lowest BCUT2D eigenvalue weighted by Crippen LogP contribution is -2.41. The smallest absolute Gasteiger partial charge is 0.408 e. The third-order valence-corrected chi connectivity index (χ3v) is 2.71. The van der Waals surface area contributed by atoms with Gasteiger partial charge in [-0.1, -0.05) is 30.3 Å². The SMILES string of the molecule is C[C@H](NC(=O)OCc1ccccc1)C(=O)OC(=O)C(C)(C)C. The Morgan fingerprint density at radius 1 is 1.14 bits per heavy atom. The molecule has 6 nitrogen and oxygen atoms in total. The molecule has 0 heterocycles. The van der Waals surface area contributed by atoms with Crippen molar-refractivity contribution in [2.24, 2.45) is 5.41 Å². The Morgan fingerprint density at radius 2 is 1.73 bits per heavy atom. The molecule has 0 radical (unpaired) electrons. The van der Waals surface area contributed by atoms with E-state index in [1.165, 1.54) is 6.92 Å². The predicted molar refractivity (Wildman–Crippen MR) is 79.8 cm³/mol. The molecule has 1 amide bonds. The van der Waals surface area contributed by atoms with Gasteiger partial charge in [0.25, 0.3) is 0 Å². The second kappa shape index (κ2) is 7.59. The highest BCUT2D eigenvalue weighted by Gasteiger charge is 2.28. The molecule has 0 saturated carbocycles. The van der Waals surface area contributed by atoms with Crippen LogP contribution in [0.3, 0.4) is 0 Å². The highest BCUT2D eigenvalue weighted by atomic mass is 16.6. The summed E-state index contributed by atoms with van der Waals surface area (Å²) in [4.78, 5) is 34.9. The highest BCUT2D eigenvalue weighted by Crippen LogP contribution is 2.15. The van der Waals surface area contributed by atoms with E-state index < -0.39 is 29.5 Å². The summed E-state index contributed by atoms with van der Waals surface area (Å²) >= 11 is 0. The third-order valence-electron chi connectivity index (χ3n) is 2.71. The minimum atomic E-state index is -0.977. The first-order valence-corrected chi connectivity index (χ1v) is 6.93. The van der Waals surface area contributed by atoms with E-state index in [0.29, 0.717) is 0 Å². The van der Waals surface area contributed by atoms with Crippen LogP contribution in [0.4, 0.5) is 4.79 Å². The van der Waals surface area contributed by atoms with Gasteiger partial charge in [0.05, 0.1) is 5.41 Å². The van der Waals surface area contributed by atoms with Gasteiger partial charge in [-0.3, -0.25) is 4.79 Å². The molecule has 1 atom stereocenters. The van der Waals surface area contributed by atoms with Gasteiger partial charge in [0.15, 0.2) is 0 Å². The molecule has 0 aromatic heterocycles. The molecule has 0 fully saturated rings. The second-order valence-electron chi connectivity index (χ2n) is 5.89. The number of rotatable bonds is 4. The van der Waals surface area contributed by atoms with Crippen molar-refractivity contribution >= 4 is 18.0 Å². The zero-order valence-electron chi connectivity index (χ0n) is 13.2. The standard InChI is InChI=1S/C16H21NO5/c1-11(13(18)22-14(19)16(2,3)4)17-15(20)21-10-12-8-6-5-7-9-12/h5-9,11H,10H2,1-4H3,(H,17,20)/t11-/m0/s1. The lowest BCUT2D eigenvalue weighted by atomic mass is 9.97. The lowest BCUT2D eigenvalue weighted by molar-refractivity contribution is -0.166. The van der Waals surface area contributed by atoms with E-state index in [-0.39, 0.29) is 6.61 Å². The molecule has 0 aliphatic heterocycles. The van der Waals surface area contributed by atoms with E-state index in [9.17, 15) is 14.4 Å². The molecule has 0 bridgehead atoms. The summed E-state index contributed by atoms with van der Waals surface area (Å²) in [6, 6.07) is 8.16. The zero-order chi connectivity index (χ0) is 16.8. The van der Waals surface area contributed by atoms with Gasteiger partial charge < -0.3 is 14.8 Å². The van der Waals surface area contributed by atoms with E-state index in [1.54, 1.807) is 20.8 Å². The van der Waals surface area contributed by atoms with Crippen LogP contribution in [0.25, 0.3) is 0 Å². The Labute approximate surface area is 129 Å². The van der Waals surface area contributed by atoms with Gasteiger partial charge in [0, 0.05) is 0 Å². The van der Waals surface area contributed by atoms with Gasteiger partial charge in [-0.05, 0) is 33.3 Å². The monoisotopic (exact) mass is 307 g/mol. The summed E-state index contributed by atoms with van der Waals surface area (Å²) in [5.41, 5.74) is 0.0409. The van der Waals surface area contributed by atoms with Gasteiger partial charge in [0.1, 0.15) is 12.6 Å². The number of carbonyl (C=O) groups excluding carboxylic acids is 3. The fraction of sp³-hybridized carbons (Fsp3) is 0.438. The van der Waals surface area contributed by atoms with Crippen LogP contribution in [0.1, 0.15) is 33.3 Å². The van der Waals surface area contributed by atoms with Crippen LogP contribution in [0.5, 0.6) is 0 Å². The van der Waals surface area contributed by atoms with Crippen LogP contribution in [-0.2, 0) is 25.7 Å². The minimum Gasteiger partial charge on any atom is -0.445 e. The quantitative estimate of drug-likeness (QED) is 0.682. The van der Waals surface area contributed by atoms with Gasteiger partial charge in [-0.15, -0.1) is 0 Å². The second-order valence-corrected chi connectivity index (χ2v) is 5.89. The molecule has 0 aliphatic rings. The number of alkyl carbamates (subject to hydrolysis) is 1. The molecule has 1 rings (SSSR count). The average molecular weight is 307 g/mol. The van der Waals surface area contributed by atoms with Crippen LogP contribution in [0.2, 0.25) is 0 Å². The first kappa shape index (κ1) is 17.7. The van der Waals surface area contributed by atoms with Gasteiger partial charge in [-0.2, -0.15) is 0 Å². The van der Waals surface area contributed by atoms with Crippen molar-refractivity contribution in [2.75, 3.05) is 0 Å². The molecular weight excluding hydrogens is 286 g/mol. The molecular formula is C16H21NO5. The van der Waals surface area contributed by atoms with Gasteiger partial charge >= 0.3 is 18.0 Å². The zero-order valence-corrected chi connectivity index (χ0v) is 13.2. The van der Waals surface area contributed by atoms with Crippen LogP contribution in [0, 0.1) is 5.41 Å². The van der Waals surface area contributed by atoms with E-state index >= 15 is 0 Å². The Bertz CT molecular complexity index is 533. The van der Waals surface area contributed by atoms with Crippen molar-refractivity contribution in [2.45, 2.75) is 40.3 Å². The Balaban J connectivity index is 2.40. The number of hydrogen-bond donors (Lipinski definition) is 1. The number of esters is 2. The van der Waals surface area contributed by atoms with Crippen molar-refractivity contribution in [3.63, 3.8) is 0 Å². The molecule has 1 aromatic rings. The number of carbonyl (C=O) groups is 3. The van der Waals surface area contributed by atoms with Crippen molar-refractivity contribution < 1.29 is 23.9 Å². The number of benzene rings is 1. The van der Waals surface area contributed by atoms with Crippen LogP contribution in [-0.4, -0.2) is 24.1 Å². The summed E-state index contributed by atoms with van der Waals surface area (Å²) in [6.07, 6.45) is -0.753. The molecule has 0 spiro atoms. The molecule has 0 aliphatic carbocycles. The Kier molecular flexibility index (Phi) is 6.10. The Hall–Kier alpha value is -2.37. The van der Waals surface area contributed by atoms with Crippen LogP contribution >= 0.6 is 0 Å². The molecule has 1 aromatic carbocycles. The normalized spacial score (nSPS) is 12.2. The summed E-state index contributed by atoms with van der Waals surface area (Å²) in [5, 5.41) is 2.32. The molecule has 22 heavy (non-hydrogen) atoms. The summed E-state index contributed by atoms with van der Waals surface area (Å²) in [7, 11) is 0. The van der Waals surface area contributed by atoms with E-state index in [0.717, 1.165) is 5.56 Å². The van der Waals surface area contributed by atoms with E-state index in [1.807, 2.05) is 30.3 Å². The molecule has 0 unspecified atom stereocenters. The first-order valence-electron chi connectivity index (χ1n) is 6.93. The largest absolute Gasteiger partial charge is 0.445 e. The minimum absolute atomic E-state index is 0.0926.